The number of nitrogens with one attached hydrogen (secondary N) is 1. The van der Waals surface area contributed by atoms with E-state index in [1.807, 2.05) is 12.1 Å². The summed E-state index contributed by atoms with van der Waals surface area (Å²) >= 11 is 3.35. The van der Waals surface area contributed by atoms with E-state index in [0.29, 0.717) is 11.1 Å². The zero-order valence-corrected chi connectivity index (χ0v) is 15.2. The third kappa shape index (κ3) is 4.41. The van der Waals surface area contributed by atoms with Crippen molar-refractivity contribution in [2.75, 3.05) is 7.11 Å². The molecule has 1 unspecified atom stereocenters. The molecule has 0 aliphatic carbocycles. The number of ether oxygens (including phenoxy) is 1. The van der Waals surface area contributed by atoms with E-state index < -0.39 is 5.54 Å². The van der Waals surface area contributed by atoms with Gasteiger partial charge in [-0.3, -0.25) is 4.79 Å². The lowest BCUT2D eigenvalue weighted by molar-refractivity contribution is -0.126. The second-order valence-electron chi connectivity index (χ2n) is 5.75. The summed E-state index contributed by atoms with van der Waals surface area (Å²) < 4.78 is 19.5. The Balaban J connectivity index is 2.07. The Hall–Kier alpha value is -1.76. The van der Waals surface area contributed by atoms with Crippen LogP contribution in [0.15, 0.2) is 46.9 Å². The van der Waals surface area contributed by atoms with Crippen LogP contribution in [0.25, 0.3) is 0 Å². The highest BCUT2D eigenvalue weighted by Gasteiger charge is 2.30. The topological polar surface area (TPSA) is 64.3 Å². The molecule has 3 N–H and O–H groups in total. The van der Waals surface area contributed by atoms with Gasteiger partial charge < -0.3 is 15.8 Å². The van der Waals surface area contributed by atoms with E-state index in [1.165, 1.54) is 13.2 Å². The number of methoxy groups -OCH3 is 1. The minimum Gasteiger partial charge on any atom is -0.380 e. The fourth-order valence-electron chi connectivity index (χ4n) is 2.30. The van der Waals surface area contributed by atoms with E-state index >= 15 is 0 Å². The first-order valence-corrected chi connectivity index (χ1v) is 8.23. The van der Waals surface area contributed by atoms with Gasteiger partial charge in [0.1, 0.15) is 11.4 Å². The van der Waals surface area contributed by atoms with Gasteiger partial charge in [0, 0.05) is 23.7 Å². The van der Waals surface area contributed by atoms with Gasteiger partial charge in [0.15, 0.2) is 0 Å². The van der Waals surface area contributed by atoms with Gasteiger partial charge in [-0.25, -0.2) is 4.39 Å². The van der Waals surface area contributed by atoms with E-state index in [0.717, 1.165) is 10.0 Å². The van der Waals surface area contributed by atoms with E-state index in [-0.39, 0.29) is 24.9 Å². The van der Waals surface area contributed by atoms with Crippen LogP contribution in [0.1, 0.15) is 23.6 Å². The largest absolute Gasteiger partial charge is 0.380 e. The molecule has 1 atom stereocenters. The van der Waals surface area contributed by atoms with Gasteiger partial charge in [-0.05, 0) is 42.3 Å². The summed E-state index contributed by atoms with van der Waals surface area (Å²) in [7, 11) is 1.51. The molecule has 0 bridgehead atoms. The van der Waals surface area contributed by atoms with Crippen molar-refractivity contribution in [1.82, 2.24) is 5.32 Å². The van der Waals surface area contributed by atoms with Gasteiger partial charge in [-0.2, -0.15) is 0 Å². The molecule has 24 heavy (non-hydrogen) atoms. The summed E-state index contributed by atoms with van der Waals surface area (Å²) in [4.78, 5) is 12.5. The number of carbonyl (C=O) groups excluding carboxylic acids is 1. The molecule has 2 rings (SSSR count). The minimum absolute atomic E-state index is 0.182. The zero-order chi connectivity index (χ0) is 17.7. The van der Waals surface area contributed by atoms with Gasteiger partial charge in [0.25, 0.3) is 0 Å². The predicted molar refractivity (Wildman–Crippen MR) is 94.6 cm³/mol. The van der Waals surface area contributed by atoms with Crippen molar-refractivity contribution in [2.45, 2.75) is 25.6 Å². The smallest absolute Gasteiger partial charge is 0.244 e. The highest BCUT2D eigenvalue weighted by Crippen LogP contribution is 2.21. The standard InChI is InChI=1S/C18H20BrFN2O2/c1-18(21,14-4-6-15(19)7-5-14)17(23)22-10-12-3-8-16(20)13(9-12)11-24-2/h3-9H,10-11,21H2,1-2H3,(H,22,23). The average Bonchev–Trinajstić information content (AvgIpc) is 2.55. The molecule has 0 aromatic heterocycles. The summed E-state index contributed by atoms with van der Waals surface area (Å²) in [6, 6.07) is 12.0. The summed E-state index contributed by atoms with van der Waals surface area (Å²) in [6.07, 6.45) is 0. The van der Waals surface area contributed by atoms with Crippen LogP contribution in [0.2, 0.25) is 0 Å². The van der Waals surface area contributed by atoms with Gasteiger partial charge in [-0.15, -0.1) is 0 Å². The molecule has 0 spiro atoms. The third-order valence-electron chi connectivity index (χ3n) is 3.78. The maximum atomic E-state index is 13.6. The SMILES string of the molecule is COCc1cc(CNC(=O)C(C)(N)c2ccc(Br)cc2)ccc1F. The Labute approximate surface area is 149 Å². The molecule has 2 aromatic carbocycles. The maximum Gasteiger partial charge on any atom is 0.244 e. The molecule has 4 nitrogen and oxygen atoms in total. The number of hydrogen-bond donors (Lipinski definition) is 2. The highest BCUT2D eigenvalue weighted by atomic mass is 79.9. The number of halogens is 2. The Morgan fingerprint density at radius 3 is 2.58 bits per heavy atom. The quantitative estimate of drug-likeness (QED) is 0.790. The lowest BCUT2D eigenvalue weighted by atomic mass is 9.92. The molecule has 0 aliphatic rings. The summed E-state index contributed by atoms with van der Waals surface area (Å²) in [5.41, 5.74) is 6.98. The Morgan fingerprint density at radius 2 is 1.96 bits per heavy atom. The number of carbonyl (C=O) groups is 1. The number of nitrogens with two attached hydrogens (primary N) is 1. The second-order valence-corrected chi connectivity index (χ2v) is 6.67. The molecular weight excluding hydrogens is 375 g/mol. The second kappa shape index (κ2) is 7.88. The molecule has 128 valence electrons. The van der Waals surface area contributed by atoms with Gasteiger partial charge in [0.05, 0.1) is 6.61 Å². The lowest BCUT2D eigenvalue weighted by Crippen LogP contribution is -2.48. The van der Waals surface area contributed by atoms with Crippen LogP contribution in [-0.4, -0.2) is 13.0 Å². The van der Waals surface area contributed by atoms with Crippen LogP contribution in [0, 0.1) is 5.82 Å². The molecule has 0 aliphatic heterocycles. The van der Waals surface area contributed by atoms with E-state index in [9.17, 15) is 9.18 Å². The van der Waals surface area contributed by atoms with Crippen LogP contribution < -0.4 is 11.1 Å². The van der Waals surface area contributed by atoms with Crippen molar-refractivity contribution in [3.63, 3.8) is 0 Å². The first kappa shape index (κ1) is 18.6. The van der Waals surface area contributed by atoms with E-state index in [2.05, 4.69) is 21.2 Å². The molecule has 6 heteroatoms. The molecule has 1 amide bonds. The van der Waals surface area contributed by atoms with Crippen LogP contribution in [-0.2, 0) is 28.2 Å². The maximum absolute atomic E-state index is 13.6. The van der Waals surface area contributed by atoms with Gasteiger partial charge in [-0.1, -0.05) is 34.1 Å². The van der Waals surface area contributed by atoms with Crippen LogP contribution >= 0.6 is 15.9 Å². The van der Waals surface area contributed by atoms with Crippen LogP contribution in [0.4, 0.5) is 4.39 Å². The van der Waals surface area contributed by atoms with Crippen molar-refractivity contribution in [2.24, 2.45) is 5.73 Å². The average molecular weight is 395 g/mol. The minimum atomic E-state index is -1.16. The molecule has 2 aromatic rings. The molecular formula is C18H20BrFN2O2. The first-order chi connectivity index (χ1) is 11.3. The van der Waals surface area contributed by atoms with Crippen molar-refractivity contribution in [1.29, 1.82) is 0 Å². The van der Waals surface area contributed by atoms with Crippen LogP contribution in [0.3, 0.4) is 0 Å². The molecule has 0 heterocycles. The zero-order valence-electron chi connectivity index (χ0n) is 13.6. The van der Waals surface area contributed by atoms with Gasteiger partial charge in [0.2, 0.25) is 5.91 Å². The third-order valence-corrected chi connectivity index (χ3v) is 4.31. The molecule has 0 saturated heterocycles. The first-order valence-electron chi connectivity index (χ1n) is 7.44. The summed E-state index contributed by atoms with van der Waals surface area (Å²) in [6.45, 7) is 2.10. The van der Waals surface area contributed by atoms with E-state index in [4.69, 9.17) is 10.5 Å². The summed E-state index contributed by atoms with van der Waals surface area (Å²) in [5.74, 6) is -0.632. The Morgan fingerprint density at radius 1 is 1.29 bits per heavy atom. The van der Waals surface area contributed by atoms with Crippen molar-refractivity contribution >= 4 is 21.8 Å². The lowest BCUT2D eigenvalue weighted by Gasteiger charge is -2.24. The number of hydrogen-bond acceptors (Lipinski definition) is 3. The Kier molecular flexibility index (Phi) is 6.10. The summed E-state index contributed by atoms with van der Waals surface area (Å²) in [5, 5.41) is 2.80. The van der Waals surface area contributed by atoms with Gasteiger partial charge >= 0.3 is 0 Å². The normalized spacial score (nSPS) is 13.4. The molecule has 0 fully saturated rings. The molecule has 0 radical (unpaired) electrons. The number of benzene rings is 2. The number of rotatable bonds is 6. The Bertz CT molecular complexity index is 717. The number of amides is 1. The highest BCUT2D eigenvalue weighted by molar-refractivity contribution is 9.10. The fraction of sp³-hybridized carbons (Fsp3) is 0.278. The van der Waals surface area contributed by atoms with Crippen molar-refractivity contribution < 1.29 is 13.9 Å². The van der Waals surface area contributed by atoms with E-state index in [1.54, 1.807) is 31.2 Å². The molecule has 0 saturated carbocycles. The van der Waals surface area contributed by atoms with Crippen molar-refractivity contribution in [3.8, 4) is 0 Å². The van der Waals surface area contributed by atoms with Crippen molar-refractivity contribution in [3.05, 3.63) is 69.4 Å². The fourth-order valence-corrected chi connectivity index (χ4v) is 2.56. The van der Waals surface area contributed by atoms with Crippen LogP contribution in [0.5, 0.6) is 0 Å². The monoisotopic (exact) mass is 394 g/mol. The predicted octanol–water partition coefficient (Wildman–Crippen LogP) is 3.22.